The number of amides is 1. The molecule has 3 aromatic rings. The van der Waals surface area contributed by atoms with Crippen LogP contribution in [0, 0.1) is 0 Å². The monoisotopic (exact) mass is 488 g/mol. The van der Waals surface area contributed by atoms with E-state index in [1.54, 1.807) is 11.6 Å². The lowest BCUT2D eigenvalue weighted by Gasteiger charge is -2.19. The first kappa shape index (κ1) is 25.6. The lowest BCUT2D eigenvalue weighted by atomic mass is 10.1. The summed E-state index contributed by atoms with van der Waals surface area (Å²) in [6.45, 7) is 11.6. The molecule has 1 aliphatic rings. The molecular formula is C29H36N4O3. The minimum absolute atomic E-state index is 0.0832. The van der Waals surface area contributed by atoms with Gasteiger partial charge in [0.2, 0.25) is 0 Å². The number of nitrogens with zero attached hydrogens (tertiary/aromatic N) is 3. The van der Waals surface area contributed by atoms with Crippen molar-refractivity contribution in [3.05, 3.63) is 70.9 Å². The molecule has 0 fully saturated rings. The SMILES string of the molecule is CCOC(=O)c1nn(-c2ccc(C(=O)N[C@H](C)CCCN(CC)CC)cc2)c2c1Cc1ccccc1-2. The Labute approximate surface area is 213 Å². The van der Waals surface area contributed by atoms with Crippen LogP contribution in [0.2, 0.25) is 0 Å². The van der Waals surface area contributed by atoms with Gasteiger partial charge in [-0.05, 0) is 76.2 Å². The molecular weight excluding hydrogens is 452 g/mol. The topological polar surface area (TPSA) is 76.5 Å². The number of aromatic nitrogens is 2. The van der Waals surface area contributed by atoms with Crippen molar-refractivity contribution in [2.45, 2.75) is 53.0 Å². The van der Waals surface area contributed by atoms with Gasteiger partial charge in [0.15, 0.2) is 5.69 Å². The van der Waals surface area contributed by atoms with Crippen LogP contribution in [-0.2, 0) is 11.2 Å². The van der Waals surface area contributed by atoms with E-state index < -0.39 is 5.97 Å². The van der Waals surface area contributed by atoms with E-state index >= 15 is 0 Å². The number of hydrogen-bond acceptors (Lipinski definition) is 5. The third-order valence-electron chi connectivity index (χ3n) is 6.85. The summed E-state index contributed by atoms with van der Waals surface area (Å²) in [7, 11) is 0. The Kier molecular flexibility index (Phi) is 8.21. The van der Waals surface area contributed by atoms with Crippen molar-refractivity contribution in [2.75, 3.05) is 26.2 Å². The van der Waals surface area contributed by atoms with Crippen molar-refractivity contribution in [2.24, 2.45) is 0 Å². The zero-order chi connectivity index (χ0) is 25.7. The van der Waals surface area contributed by atoms with Crippen LogP contribution >= 0.6 is 0 Å². The Morgan fingerprint density at radius 3 is 2.50 bits per heavy atom. The second kappa shape index (κ2) is 11.5. The first-order valence-electron chi connectivity index (χ1n) is 13.0. The fourth-order valence-corrected chi connectivity index (χ4v) is 4.83. The lowest BCUT2D eigenvalue weighted by Crippen LogP contribution is -2.33. The lowest BCUT2D eigenvalue weighted by molar-refractivity contribution is 0.0517. The molecule has 1 atom stereocenters. The standard InChI is InChI=1S/C29H36N4O3/c1-5-32(6-2)18-10-11-20(4)30-28(34)21-14-16-23(17-15-21)33-27-24-13-9-8-12-22(24)19-25(27)26(31-33)29(35)36-7-3/h8-9,12-17,20H,5-7,10-11,18-19H2,1-4H3,(H,30,34)/t20-/m1/s1. The van der Waals surface area contributed by atoms with Crippen LogP contribution in [0.3, 0.4) is 0 Å². The Balaban J connectivity index is 1.51. The number of ether oxygens (including phenoxy) is 1. The summed E-state index contributed by atoms with van der Waals surface area (Å²) >= 11 is 0. The van der Waals surface area contributed by atoms with Gasteiger partial charge in [0.1, 0.15) is 0 Å². The Hall–Kier alpha value is -3.45. The zero-order valence-electron chi connectivity index (χ0n) is 21.7. The summed E-state index contributed by atoms with van der Waals surface area (Å²) < 4.78 is 7.07. The van der Waals surface area contributed by atoms with Crippen LogP contribution in [0.25, 0.3) is 16.9 Å². The van der Waals surface area contributed by atoms with Crippen LogP contribution in [-0.4, -0.2) is 58.8 Å². The van der Waals surface area contributed by atoms with E-state index in [-0.39, 0.29) is 11.9 Å². The van der Waals surface area contributed by atoms with Gasteiger partial charge in [-0.2, -0.15) is 5.10 Å². The van der Waals surface area contributed by atoms with E-state index in [1.807, 2.05) is 36.4 Å². The summed E-state index contributed by atoms with van der Waals surface area (Å²) in [5.74, 6) is -0.494. The molecule has 1 aromatic heterocycles. The van der Waals surface area contributed by atoms with Crippen molar-refractivity contribution < 1.29 is 14.3 Å². The number of carbonyl (C=O) groups excluding carboxylic acids is 2. The highest BCUT2D eigenvalue weighted by Gasteiger charge is 2.31. The van der Waals surface area contributed by atoms with Crippen LogP contribution in [0.5, 0.6) is 0 Å². The van der Waals surface area contributed by atoms with Gasteiger partial charge in [-0.1, -0.05) is 38.1 Å². The fourth-order valence-electron chi connectivity index (χ4n) is 4.83. The third-order valence-corrected chi connectivity index (χ3v) is 6.85. The number of rotatable bonds is 11. The second-order valence-electron chi connectivity index (χ2n) is 9.23. The van der Waals surface area contributed by atoms with Gasteiger partial charge in [-0.3, -0.25) is 4.79 Å². The molecule has 7 heteroatoms. The molecule has 4 rings (SSSR count). The summed E-state index contributed by atoms with van der Waals surface area (Å²) in [4.78, 5) is 27.9. The smallest absolute Gasteiger partial charge is 0.359 e. The summed E-state index contributed by atoms with van der Waals surface area (Å²) in [5, 5.41) is 7.75. The van der Waals surface area contributed by atoms with Crippen LogP contribution < -0.4 is 5.32 Å². The van der Waals surface area contributed by atoms with Crippen LogP contribution in [0.15, 0.2) is 48.5 Å². The average molecular weight is 489 g/mol. The third kappa shape index (κ3) is 5.36. The highest BCUT2D eigenvalue weighted by Crippen LogP contribution is 2.39. The predicted octanol–water partition coefficient (Wildman–Crippen LogP) is 4.86. The molecule has 0 radical (unpaired) electrons. The molecule has 1 heterocycles. The van der Waals surface area contributed by atoms with Gasteiger partial charge in [0, 0.05) is 29.2 Å². The van der Waals surface area contributed by atoms with E-state index in [9.17, 15) is 9.59 Å². The number of nitrogens with one attached hydrogen (secondary N) is 1. The molecule has 0 unspecified atom stereocenters. The predicted molar refractivity (Wildman–Crippen MR) is 142 cm³/mol. The molecule has 190 valence electrons. The van der Waals surface area contributed by atoms with Gasteiger partial charge in [-0.15, -0.1) is 0 Å². The summed E-state index contributed by atoms with van der Waals surface area (Å²) in [5.41, 5.74) is 5.77. The Morgan fingerprint density at radius 2 is 1.81 bits per heavy atom. The fraction of sp³-hybridized carbons (Fsp3) is 0.414. The van der Waals surface area contributed by atoms with Crippen LogP contribution in [0.4, 0.5) is 0 Å². The van der Waals surface area contributed by atoms with Gasteiger partial charge in [0.25, 0.3) is 5.91 Å². The number of esters is 1. The van der Waals surface area contributed by atoms with Gasteiger partial charge in [-0.25, -0.2) is 9.48 Å². The van der Waals surface area contributed by atoms with Gasteiger partial charge < -0.3 is 15.0 Å². The second-order valence-corrected chi connectivity index (χ2v) is 9.23. The van der Waals surface area contributed by atoms with E-state index in [0.29, 0.717) is 24.3 Å². The zero-order valence-corrected chi connectivity index (χ0v) is 21.7. The highest BCUT2D eigenvalue weighted by atomic mass is 16.5. The minimum Gasteiger partial charge on any atom is -0.461 e. The number of fused-ring (bicyclic) bond motifs is 3. The van der Waals surface area contributed by atoms with Crippen molar-refractivity contribution in [3.8, 4) is 16.9 Å². The van der Waals surface area contributed by atoms with Crippen molar-refractivity contribution >= 4 is 11.9 Å². The molecule has 0 saturated heterocycles. The van der Waals surface area contributed by atoms with E-state index in [1.165, 1.54) is 0 Å². The van der Waals surface area contributed by atoms with Crippen LogP contribution in [0.1, 0.15) is 72.5 Å². The van der Waals surface area contributed by atoms with Gasteiger partial charge in [0.05, 0.1) is 18.0 Å². The molecule has 7 nitrogen and oxygen atoms in total. The molecule has 1 N–H and O–H groups in total. The maximum absolute atomic E-state index is 12.8. The first-order valence-corrected chi connectivity index (χ1v) is 13.0. The molecule has 0 bridgehead atoms. The number of benzene rings is 2. The maximum atomic E-state index is 12.8. The largest absolute Gasteiger partial charge is 0.461 e. The molecule has 0 saturated carbocycles. The summed E-state index contributed by atoms with van der Waals surface area (Å²) in [6, 6.07) is 15.6. The Morgan fingerprint density at radius 1 is 1.08 bits per heavy atom. The molecule has 2 aromatic carbocycles. The molecule has 1 amide bonds. The minimum atomic E-state index is -0.411. The summed E-state index contributed by atoms with van der Waals surface area (Å²) in [6.07, 6.45) is 2.64. The van der Waals surface area contributed by atoms with Crippen molar-refractivity contribution in [1.29, 1.82) is 0 Å². The molecule has 36 heavy (non-hydrogen) atoms. The van der Waals surface area contributed by atoms with E-state index in [4.69, 9.17) is 4.74 Å². The normalized spacial score (nSPS) is 12.8. The quantitative estimate of drug-likeness (QED) is 0.305. The molecule has 0 spiro atoms. The Bertz CT molecular complexity index is 1210. The number of carbonyl (C=O) groups is 2. The van der Waals surface area contributed by atoms with Crippen molar-refractivity contribution in [3.63, 3.8) is 0 Å². The first-order chi connectivity index (χ1) is 17.5. The van der Waals surface area contributed by atoms with Crippen molar-refractivity contribution in [1.82, 2.24) is 20.0 Å². The molecule has 0 aliphatic heterocycles. The van der Waals surface area contributed by atoms with E-state index in [2.05, 4.69) is 48.2 Å². The number of hydrogen-bond donors (Lipinski definition) is 1. The highest BCUT2D eigenvalue weighted by molar-refractivity contribution is 5.95. The van der Waals surface area contributed by atoms with E-state index in [0.717, 1.165) is 60.5 Å². The molecule has 1 aliphatic carbocycles. The van der Waals surface area contributed by atoms with Gasteiger partial charge >= 0.3 is 5.97 Å². The average Bonchev–Trinajstić information content (AvgIpc) is 3.44. The maximum Gasteiger partial charge on any atom is 0.359 e.